The van der Waals surface area contributed by atoms with E-state index in [0.717, 1.165) is 30.9 Å². The zero-order chi connectivity index (χ0) is 13.2. The number of nitrogens with zero attached hydrogens (tertiary/aromatic N) is 1. The highest BCUT2D eigenvalue weighted by Crippen LogP contribution is 2.24. The molecule has 0 spiro atoms. The Kier molecular flexibility index (Phi) is 4.04. The summed E-state index contributed by atoms with van der Waals surface area (Å²) in [7, 11) is 1.66. The molecule has 1 fully saturated rings. The molecule has 0 saturated carbocycles. The van der Waals surface area contributed by atoms with Gasteiger partial charge >= 0.3 is 0 Å². The fourth-order valence-corrected chi connectivity index (χ4v) is 4.64. The number of aryl methyl sites for hydroxylation is 2. The summed E-state index contributed by atoms with van der Waals surface area (Å²) in [6, 6.07) is 7.63. The number of fused-ring (bicyclic) bond motifs is 1. The van der Waals surface area contributed by atoms with E-state index < -0.39 is 10.8 Å². The van der Waals surface area contributed by atoms with Gasteiger partial charge < -0.3 is 0 Å². The second kappa shape index (κ2) is 5.76. The van der Waals surface area contributed by atoms with Crippen LogP contribution in [0.3, 0.4) is 0 Å². The first-order valence-electron chi connectivity index (χ1n) is 7.38. The van der Waals surface area contributed by atoms with Crippen LogP contribution in [0.15, 0.2) is 18.2 Å². The Labute approximate surface area is 118 Å². The van der Waals surface area contributed by atoms with E-state index in [2.05, 4.69) is 30.1 Å². The van der Waals surface area contributed by atoms with Crippen LogP contribution in [0, 0.1) is 0 Å². The molecule has 1 aromatic carbocycles. The lowest BCUT2D eigenvalue weighted by Gasteiger charge is -2.31. The summed E-state index contributed by atoms with van der Waals surface area (Å²) in [5.41, 5.74) is 4.56. The molecule has 0 amide bonds. The number of benzene rings is 1. The summed E-state index contributed by atoms with van der Waals surface area (Å²) < 4.78 is 11.4. The van der Waals surface area contributed by atoms with Gasteiger partial charge in [-0.15, -0.1) is 0 Å². The molecule has 0 bridgehead atoms. The van der Waals surface area contributed by atoms with Crippen molar-refractivity contribution >= 4 is 10.8 Å². The van der Waals surface area contributed by atoms with E-state index in [4.69, 9.17) is 0 Å². The van der Waals surface area contributed by atoms with Gasteiger partial charge in [0.25, 0.3) is 0 Å². The van der Waals surface area contributed by atoms with Crippen molar-refractivity contribution in [1.82, 2.24) is 4.90 Å². The van der Waals surface area contributed by atoms with Crippen LogP contribution in [0.1, 0.15) is 36.0 Å². The highest BCUT2D eigenvalue weighted by Gasteiger charge is 2.21. The average molecular weight is 277 g/mol. The molecule has 0 unspecified atom stereocenters. The van der Waals surface area contributed by atoms with Crippen LogP contribution in [0.5, 0.6) is 0 Å². The van der Waals surface area contributed by atoms with Crippen LogP contribution in [-0.4, -0.2) is 33.7 Å². The highest BCUT2D eigenvalue weighted by atomic mass is 32.2. The van der Waals surface area contributed by atoms with Crippen molar-refractivity contribution in [2.75, 3.05) is 18.6 Å². The molecule has 0 atom stereocenters. The van der Waals surface area contributed by atoms with Gasteiger partial charge in [-0.05, 0) is 55.8 Å². The Morgan fingerprint density at radius 3 is 2.74 bits per heavy atom. The molecular weight excluding hydrogens is 254 g/mol. The predicted octanol–water partition coefficient (Wildman–Crippen LogP) is 2.52. The quantitative estimate of drug-likeness (QED) is 0.846. The molecule has 1 aliphatic carbocycles. The molecular formula is C16H23NOS. The first-order valence-corrected chi connectivity index (χ1v) is 8.87. The third-order valence-corrected chi connectivity index (χ3v) is 5.96. The van der Waals surface area contributed by atoms with Gasteiger partial charge in [-0.25, -0.2) is 0 Å². The molecule has 0 radical (unpaired) electrons. The Morgan fingerprint density at radius 2 is 1.95 bits per heavy atom. The molecule has 2 nitrogen and oxygen atoms in total. The largest absolute Gasteiger partial charge is 0.299 e. The molecule has 0 aromatic heterocycles. The van der Waals surface area contributed by atoms with Gasteiger partial charge in [0.1, 0.15) is 0 Å². The van der Waals surface area contributed by atoms with Gasteiger partial charge in [0.05, 0.1) is 0 Å². The topological polar surface area (TPSA) is 20.3 Å². The van der Waals surface area contributed by atoms with Crippen LogP contribution in [0.25, 0.3) is 0 Å². The zero-order valence-electron chi connectivity index (χ0n) is 11.7. The van der Waals surface area contributed by atoms with Crippen molar-refractivity contribution in [3.05, 3.63) is 34.9 Å². The maximum absolute atomic E-state index is 11.4. The Morgan fingerprint density at radius 1 is 1.21 bits per heavy atom. The number of rotatable bonds is 3. The van der Waals surface area contributed by atoms with E-state index in [1.54, 1.807) is 11.1 Å². The molecule has 1 saturated heterocycles. The lowest BCUT2D eigenvalue weighted by molar-refractivity contribution is 0.220. The Bertz CT molecular complexity index is 476. The van der Waals surface area contributed by atoms with E-state index >= 15 is 0 Å². The maximum Gasteiger partial charge on any atom is 0.0249 e. The van der Waals surface area contributed by atoms with Crippen molar-refractivity contribution in [3.8, 4) is 0 Å². The van der Waals surface area contributed by atoms with Crippen molar-refractivity contribution in [2.45, 2.75) is 44.7 Å². The minimum atomic E-state index is -0.550. The van der Waals surface area contributed by atoms with E-state index in [-0.39, 0.29) is 0 Å². The molecule has 1 aromatic rings. The molecule has 2 aliphatic rings. The van der Waals surface area contributed by atoms with Crippen molar-refractivity contribution < 1.29 is 4.21 Å². The average Bonchev–Trinajstić information content (AvgIpc) is 2.87. The van der Waals surface area contributed by atoms with Crippen LogP contribution in [-0.2, 0) is 30.2 Å². The summed E-state index contributed by atoms with van der Waals surface area (Å²) in [5.74, 6) is 1.78. The summed E-state index contributed by atoms with van der Waals surface area (Å²) in [6.07, 6.45) is 6.03. The smallest absolute Gasteiger partial charge is 0.0249 e. The molecule has 3 heteroatoms. The predicted molar refractivity (Wildman–Crippen MR) is 80.8 cm³/mol. The molecule has 0 N–H and O–H groups in total. The lowest BCUT2D eigenvalue weighted by Crippen LogP contribution is -2.36. The molecule has 3 rings (SSSR count). The molecule has 1 aliphatic heterocycles. The van der Waals surface area contributed by atoms with Crippen molar-refractivity contribution in [3.63, 3.8) is 0 Å². The third kappa shape index (κ3) is 3.09. The van der Waals surface area contributed by atoms with Gasteiger partial charge in [-0.3, -0.25) is 9.11 Å². The van der Waals surface area contributed by atoms with Crippen LogP contribution in [0.4, 0.5) is 0 Å². The second-order valence-corrected chi connectivity index (χ2v) is 7.65. The van der Waals surface area contributed by atoms with E-state index in [1.165, 1.54) is 24.8 Å². The fourth-order valence-electron chi connectivity index (χ4n) is 3.36. The first-order chi connectivity index (χ1) is 9.22. The molecule has 1 heterocycles. The van der Waals surface area contributed by atoms with Crippen LogP contribution >= 0.6 is 0 Å². The third-order valence-electron chi connectivity index (χ3n) is 4.58. The summed E-state index contributed by atoms with van der Waals surface area (Å²) >= 11 is 0. The SMILES string of the molecule is CN(Cc1ccc2c(c1)CCC2)C1CCS(=O)CC1. The van der Waals surface area contributed by atoms with E-state index in [9.17, 15) is 4.21 Å². The molecule has 104 valence electrons. The monoisotopic (exact) mass is 277 g/mol. The van der Waals surface area contributed by atoms with Gasteiger partial charge in [0.2, 0.25) is 0 Å². The lowest BCUT2D eigenvalue weighted by atomic mass is 10.0. The maximum atomic E-state index is 11.4. The van der Waals surface area contributed by atoms with Gasteiger partial charge in [-0.2, -0.15) is 0 Å². The van der Waals surface area contributed by atoms with Gasteiger partial charge in [0, 0.05) is 34.9 Å². The molecule has 19 heavy (non-hydrogen) atoms. The summed E-state index contributed by atoms with van der Waals surface area (Å²) in [4.78, 5) is 2.45. The minimum Gasteiger partial charge on any atom is -0.299 e. The van der Waals surface area contributed by atoms with E-state index in [0.29, 0.717) is 6.04 Å². The van der Waals surface area contributed by atoms with E-state index in [1.807, 2.05) is 0 Å². The minimum absolute atomic E-state index is 0.550. The Balaban J connectivity index is 1.63. The fraction of sp³-hybridized carbons (Fsp3) is 0.625. The standard InChI is InChI=1S/C16H23NOS/c1-17(16-7-9-19(18)10-8-16)12-13-5-6-14-3-2-4-15(14)11-13/h5-6,11,16H,2-4,7-10,12H2,1H3. The van der Waals surface area contributed by atoms with Crippen molar-refractivity contribution in [1.29, 1.82) is 0 Å². The van der Waals surface area contributed by atoms with Crippen LogP contribution in [0.2, 0.25) is 0 Å². The highest BCUT2D eigenvalue weighted by molar-refractivity contribution is 7.85. The Hall–Kier alpha value is -0.670. The second-order valence-electron chi connectivity index (χ2n) is 5.95. The van der Waals surface area contributed by atoms with Crippen LogP contribution < -0.4 is 0 Å². The normalized spacial score (nSPS) is 26.6. The summed E-state index contributed by atoms with van der Waals surface area (Å²) in [5, 5.41) is 0. The number of hydrogen-bond donors (Lipinski definition) is 0. The zero-order valence-corrected chi connectivity index (χ0v) is 12.5. The van der Waals surface area contributed by atoms with Crippen molar-refractivity contribution in [2.24, 2.45) is 0 Å². The summed E-state index contributed by atoms with van der Waals surface area (Å²) in [6.45, 7) is 1.03. The first kappa shape index (κ1) is 13.3. The number of hydrogen-bond acceptors (Lipinski definition) is 2. The van der Waals surface area contributed by atoms with Gasteiger partial charge in [0.15, 0.2) is 0 Å². The van der Waals surface area contributed by atoms with Gasteiger partial charge in [-0.1, -0.05) is 18.2 Å².